The smallest absolute Gasteiger partial charge is 0.278 e. The number of hydrogen-bond donors (Lipinski definition) is 2. The third-order valence-electron chi connectivity index (χ3n) is 7.03. The number of nitrogens with zero attached hydrogens (tertiary/aromatic N) is 2. The summed E-state index contributed by atoms with van der Waals surface area (Å²) in [4.78, 5) is 30.2. The van der Waals surface area contributed by atoms with Crippen molar-refractivity contribution in [2.45, 2.75) is 85.2 Å². The fraction of sp³-hybridized carbons (Fsp3) is 0.484. The molecule has 2 amide bonds. The van der Waals surface area contributed by atoms with Crippen LogP contribution in [-0.2, 0) is 22.7 Å². The van der Waals surface area contributed by atoms with E-state index in [2.05, 4.69) is 15.5 Å². The van der Waals surface area contributed by atoms with Crippen LogP contribution in [0.1, 0.15) is 70.9 Å². The van der Waals surface area contributed by atoms with E-state index in [-0.39, 0.29) is 31.1 Å². The average molecular weight is 537 g/mol. The van der Waals surface area contributed by atoms with Crippen molar-refractivity contribution >= 4 is 11.8 Å². The summed E-state index contributed by atoms with van der Waals surface area (Å²) in [6, 6.07) is 15.7. The summed E-state index contributed by atoms with van der Waals surface area (Å²) in [7, 11) is 3.26. The summed E-state index contributed by atoms with van der Waals surface area (Å²) < 4.78 is 10.5. The minimum atomic E-state index is -0.260. The molecule has 2 aromatic rings. The first-order valence-electron chi connectivity index (χ1n) is 14.2. The van der Waals surface area contributed by atoms with Crippen molar-refractivity contribution in [3.63, 3.8) is 0 Å². The van der Waals surface area contributed by atoms with E-state index < -0.39 is 0 Å². The van der Waals surface area contributed by atoms with Gasteiger partial charge in [-0.15, -0.1) is 0 Å². The first-order chi connectivity index (χ1) is 19.1. The monoisotopic (exact) mass is 536 g/mol. The highest BCUT2D eigenvalue weighted by Gasteiger charge is 2.43. The number of hydrogen-bond acceptors (Lipinski definition) is 7. The Morgan fingerprint density at radius 3 is 1.85 bits per heavy atom. The van der Waals surface area contributed by atoms with Crippen LogP contribution in [0.5, 0.6) is 11.5 Å². The van der Waals surface area contributed by atoms with E-state index in [1.165, 1.54) is 17.7 Å². The second-order valence-electron chi connectivity index (χ2n) is 9.31. The molecule has 5 rings (SSSR count). The lowest BCUT2D eigenvalue weighted by Gasteiger charge is -2.33. The Labute approximate surface area is 233 Å². The number of benzene rings is 2. The number of methoxy groups -OCH3 is 2. The van der Waals surface area contributed by atoms with Gasteiger partial charge in [0.1, 0.15) is 17.2 Å². The average Bonchev–Trinajstić information content (AvgIpc) is 3.62. The van der Waals surface area contributed by atoms with Gasteiger partial charge in [0.25, 0.3) is 5.91 Å². The molecule has 1 fully saturated rings. The van der Waals surface area contributed by atoms with Crippen LogP contribution in [0.4, 0.5) is 0 Å². The second-order valence-corrected chi connectivity index (χ2v) is 9.31. The van der Waals surface area contributed by atoms with E-state index in [1.54, 1.807) is 14.2 Å². The molecular formula is C31H44N4O4. The predicted molar refractivity (Wildman–Crippen MR) is 154 cm³/mol. The van der Waals surface area contributed by atoms with Gasteiger partial charge in [-0.2, -0.15) is 0 Å². The molecular weight excluding hydrogens is 492 g/mol. The van der Waals surface area contributed by atoms with Crippen LogP contribution in [0, 0.1) is 0 Å². The number of ether oxygens (including phenoxy) is 2. The van der Waals surface area contributed by atoms with Crippen molar-refractivity contribution < 1.29 is 19.1 Å². The highest BCUT2D eigenvalue weighted by Crippen LogP contribution is 2.32. The molecule has 0 bridgehead atoms. The highest BCUT2D eigenvalue weighted by molar-refractivity contribution is 6.08. The molecule has 0 saturated heterocycles. The van der Waals surface area contributed by atoms with Crippen molar-refractivity contribution in [3.05, 3.63) is 71.1 Å². The number of carbonyl (C=O) groups excluding carboxylic acids is 2. The van der Waals surface area contributed by atoms with Crippen molar-refractivity contribution in [3.8, 4) is 11.5 Å². The predicted octanol–water partition coefficient (Wildman–Crippen LogP) is 5.15. The maximum atomic E-state index is 13.7. The van der Waals surface area contributed by atoms with Gasteiger partial charge < -0.3 is 19.7 Å². The fourth-order valence-electron chi connectivity index (χ4n) is 5.11. The summed E-state index contributed by atoms with van der Waals surface area (Å²) in [5, 5.41) is 7.15. The van der Waals surface area contributed by atoms with E-state index in [0.717, 1.165) is 35.5 Å². The summed E-state index contributed by atoms with van der Waals surface area (Å²) in [5.41, 5.74) is 3.22. The van der Waals surface area contributed by atoms with Crippen LogP contribution in [-0.4, -0.2) is 48.2 Å². The Bertz CT molecular complexity index is 1110. The molecule has 2 aliphatic heterocycles. The maximum Gasteiger partial charge on any atom is 0.278 e. The van der Waals surface area contributed by atoms with E-state index >= 15 is 0 Å². The van der Waals surface area contributed by atoms with Crippen LogP contribution in [0.3, 0.4) is 0 Å². The molecule has 39 heavy (non-hydrogen) atoms. The van der Waals surface area contributed by atoms with Gasteiger partial charge in [-0.3, -0.25) is 19.8 Å². The fourth-order valence-corrected chi connectivity index (χ4v) is 5.11. The molecule has 8 nitrogen and oxygen atoms in total. The summed E-state index contributed by atoms with van der Waals surface area (Å²) in [5.74, 6) is 1.08. The Hall–Kier alpha value is -3.52. The zero-order chi connectivity index (χ0) is 28.4. The maximum absolute atomic E-state index is 13.7. The second kappa shape index (κ2) is 14.6. The van der Waals surface area contributed by atoms with Crippen LogP contribution < -0.4 is 20.1 Å². The molecule has 0 radical (unpaired) electrons. The van der Waals surface area contributed by atoms with Crippen LogP contribution in [0.25, 0.3) is 0 Å². The highest BCUT2D eigenvalue weighted by atomic mass is 16.5. The van der Waals surface area contributed by atoms with Gasteiger partial charge in [0.15, 0.2) is 6.29 Å². The molecule has 1 atom stereocenters. The minimum absolute atomic E-state index is 0.180. The first kappa shape index (κ1) is 30.0. The molecule has 1 aliphatic carbocycles. The number of rotatable bonds is 8. The lowest BCUT2D eigenvalue weighted by atomic mass is 10.1. The normalized spacial score (nSPS) is 18.6. The Morgan fingerprint density at radius 1 is 0.821 bits per heavy atom. The summed E-state index contributed by atoms with van der Waals surface area (Å²) in [6.45, 7) is 8.77. The number of imide groups is 1. The van der Waals surface area contributed by atoms with Crippen LogP contribution >= 0.6 is 0 Å². The Morgan fingerprint density at radius 2 is 1.33 bits per heavy atom. The van der Waals surface area contributed by atoms with Crippen molar-refractivity contribution in [1.29, 1.82) is 0 Å². The molecule has 212 valence electrons. The largest absolute Gasteiger partial charge is 0.497 e. The van der Waals surface area contributed by atoms with Crippen molar-refractivity contribution in [1.82, 2.24) is 20.4 Å². The van der Waals surface area contributed by atoms with E-state index in [4.69, 9.17) is 9.47 Å². The molecule has 1 saturated carbocycles. The zero-order valence-electron chi connectivity index (χ0n) is 24.3. The third-order valence-corrected chi connectivity index (χ3v) is 7.03. The Balaban J connectivity index is 0.00000100. The molecule has 0 aromatic heterocycles. The van der Waals surface area contributed by atoms with E-state index in [1.807, 2.05) is 76.2 Å². The third kappa shape index (κ3) is 7.12. The Kier molecular flexibility index (Phi) is 11.2. The van der Waals surface area contributed by atoms with Crippen molar-refractivity contribution in [2.24, 2.45) is 0 Å². The summed E-state index contributed by atoms with van der Waals surface area (Å²) in [6.07, 6.45) is 4.61. The molecule has 8 heteroatoms. The van der Waals surface area contributed by atoms with Gasteiger partial charge >= 0.3 is 0 Å². The van der Waals surface area contributed by atoms with Crippen LogP contribution in [0.15, 0.2) is 59.9 Å². The molecule has 2 heterocycles. The standard InChI is InChI=1S/C27H32N4O4.2C2H6/c1-34-21-11-7-18(8-12-21)16-30-24(32)15-23-25(26(30)33)31(17-19-9-13-22(35-2)14-10-19)27(29-23)28-20-5-3-4-6-20;2*1-2/h7-14,20,27-29H,3-6,15-17H2,1-2H3;2*1-2H3. The number of amides is 2. The van der Waals surface area contributed by atoms with E-state index in [0.29, 0.717) is 24.0 Å². The molecule has 2 N–H and O–H groups in total. The van der Waals surface area contributed by atoms with E-state index in [9.17, 15) is 9.59 Å². The SMILES string of the molecule is CC.CC.COc1ccc(CN2C(=O)CC3=C(C2=O)N(Cc2ccc(OC)cc2)C(NC2CCCC2)N3)cc1. The zero-order valence-corrected chi connectivity index (χ0v) is 24.3. The molecule has 2 aromatic carbocycles. The topological polar surface area (TPSA) is 83.1 Å². The number of carbonyl (C=O) groups is 2. The minimum Gasteiger partial charge on any atom is -0.497 e. The van der Waals surface area contributed by atoms with Gasteiger partial charge in [-0.05, 0) is 48.2 Å². The quantitative estimate of drug-likeness (QED) is 0.452. The van der Waals surface area contributed by atoms with Crippen molar-refractivity contribution in [2.75, 3.05) is 14.2 Å². The summed E-state index contributed by atoms with van der Waals surface area (Å²) >= 11 is 0. The van der Waals surface area contributed by atoms with Gasteiger partial charge in [0, 0.05) is 12.6 Å². The van der Waals surface area contributed by atoms with Gasteiger partial charge in [-0.25, -0.2) is 0 Å². The molecule has 3 aliphatic rings. The number of nitrogens with one attached hydrogen (secondary N) is 2. The molecule has 1 unspecified atom stereocenters. The van der Waals surface area contributed by atoms with Crippen LogP contribution in [0.2, 0.25) is 0 Å². The molecule has 0 spiro atoms. The first-order valence-corrected chi connectivity index (χ1v) is 14.2. The lowest BCUT2D eigenvalue weighted by Crippen LogP contribution is -2.52. The lowest BCUT2D eigenvalue weighted by molar-refractivity contribution is -0.145. The van der Waals surface area contributed by atoms with Gasteiger partial charge in [0.2, 0.25) is 5.91 Å². The van der Waals surface area contributed by atoms with Gasteiger partial charge in [0.05, 0.1) is 32.9 Å². The van der Waals surface area contributed by atoms with Gasteiger partial charge in [-0.1, -0.05) is 64.8 Å².